The highest BCUT2D eigenvalue weighted by Gasteiger charge is 2.37. The molecule has 6 nitrogen and oxygen atoms in total. The number of aliphatic hydroxyl groups is 1. The summed E-state index contributed by atoms with van der Waals surface area (Å²) in [6, 6.07) is 7.70. The lowest BCUT2D eigenvalue weighted by Gasteiger charge is -2.19. The highest BCUT2D eigenvalue weighted by Crippen LogP contribution is 2.19. The Morgan fingerprint density at radius 1 is 1.43 bits per heavy atom. The Kier molecular flexibility index (Phi) is 4.36. The molecule has 0 saturated carbocycles. The van der Waals surface area contributed by atoms with Crippen LogP contribution in [0.15, 0.2) is 30.3 Å². The van der Waals surface area contributed by atoms with E-state index in [4.69, 9.17) is 10.4 Å². The first kappa shape index (κ1) is 14.8. The minimum Gasteiger partial charge on any atom is -0.480 e. The minimum absolute atomic E-state index is 0.0123. The lowest BCUT2D eigenvalue weighted by Crippen LogP contribution is -2.39. The van der Waals surface area contributed by atoms with Gasteiger partial charge < -0.3 is 15.1 Å². The number of aliphatic hydroxyl groups excluding tert-OH is 1. The molecule has 1 heterocycles. The number of carbonyl (C=O) groups excluding carboxylic acids is 1. The van der Waals surface area contributed by atoms with Crippen molar-refractivity contribution in [1.82, 2.24) is 4.90 Å². The lowest BCUT2D eigenvalue weighted by atomic mass is 10.1. The van der Waals surface area contributed by atoms with Crippen molar-refractivity contribution in [2.24, 2.45) is 0 Å². The minimum atomic E-state index is -1.13. The lowest BCUT2D eigenvalue weighted by molar-refractivity contribution is -0.146. The van der Waals surface area contributed by atoms with Crippen molar-refractivity contribution in [2.45, 2.75) is 18.6 Å². The topological polar surface area (TPSA) is 102 Å². The van der Waals surface area contributed by atoms with E-state index in [0.29, 0.717) is 11.1 Å². The summed E-state index contributed by atoms with van der Waals surface area (Å²) in [5.41, 5.74) is 1.15. The zero-order chi connectivity index (χ0) is 15.4. The SMILES string of the molecule is N#Cc1cccc(/C=C/C(=O)N2CC(O)C[C@H]2C(=O)O)c1. The van der Waals surface area contributed by atoms with E-state index in [1.54, 1.807) is 24.3 Å². The van der Waals surface area contributed by atoms with Gasteiger partial charge in [-0.3, -0.25) is 4.79 Å². The molecule has 6 heteroatoms. The van der Waals surface area contributed by atoms with Crippen LogP contribution in [0, 0.1) is 11.3 Å². The average Bonchev–Trinajstić information content (AvgIpc) is 2.87. The number of hydrogen-bond acceptors (Lipinski definition) is 4. The highest BCUT2D eigenvalue weighted by molar-refractivity contribution is 5.94. The van der Waals surface area contributed by atoms with Crippen molar-refractivity contribution in [3.8, 4) is 6.07 Å². The van der Waals surface area contributed by atoms with Crippen molar-refractivity contribution in [2.75, 3.05) is 6.54 Å². The average molecular weight is 286 g/mol. The quantitative estimate of drug-likeness (QED) is 0.793. The summed E-state index contributed by atoms with van der Waals surface area (Å²) in [7, 11) is 0. The van der Waals surface area contributed by atoms with Gasteiger partial charge in [-0.1, -0.05) is 12.1 Å². The van der Waals surface area contributed by atoms with Gasteiger partial charge in [-0.05, 0) is 23.8 Å². The molecule has 1 aromatic carbocycles. The molecule has 2 atom stereocenters. The number of nitrogens with zero attached hydrogens (tertiary/aromatic N) is 2. The van der Waals surface area contributed by atoms with E-state index in [9.17, 15) is 14.7 Å². The molecule has 1 fully saturated rings. The molecule has 1 aromatic rings. The molecule has 0 aromatic heterocycles. The fourth-order valence-electron chi connectivity index (χ4n) is 2.27. The van der Waals surface area contributed by atoms with Crippen LogP contribution in [0.1, 0.15) is 17.5 Å². The maximum atomic E-state index is 12.0. The molecular weight excluding hydrogens is 272 g/mol. The predicted octanol–water partition coefficient (Wildman–Crippen LogP) is 0.618. The molecule has 1 saturated heterocycles. The first-order valence-corrected chi connectivity index (χ1v) is 6.41. The van der Waals surface area contributed by atoms with Gasteiger partial charge in [0, 0.05) is 19.0 Å². The summed E-state index contributed by atoms with van der Waals surface area (Å²) >= 11 is 0. The fraction of sp³-hybridized carbons (Fsp3) is 0.267. The number of carboxylic acids is 1. The summed E-state index contributed by atoms with van der Waals surface area (Å²) < 4.78 is 0. The molecule has 1 aliphatic rings. The Hall–Kier alpha value is -2.65. The number of carboxylic acid groups (broad SMARTS) is 1. The number of β-amino-alcohol motifs (C(OH)–C–C–N with tert-alkyl or cyclic N) is 1. The number of hydrogen-bond donors (Lipinski definition) is 2. The van der Waals surface area contributed by atoms with Gasteiger partial charge in [0.05, 0.1) is 17.7 Å². The molecule has 2 rings (SSSR count). The molecule has 0 radical (unpaired) electrons. The summed E-state index contributed by atoms with van der Waals surface area (Å²) in [6.45, 7) is 0.0123. The number of carbonyl (C=O) groups is 2. The van der Waals surface area contributed by atoms with Gasteiger partial charge >= 0.3 is 5.97 Å². The Bertz CT molecular complexity index is 633. The van der Waals surface area contributed by atoms with E-state index in [0.717, 1.165) is 4.90 Å². The molecule has 1 aliphatic heterocycles. The van der Waals surface area contributed by atoms with Crippen molar-refractivity contribution >= 4 is 18.0 Å². The number of nitriles is 1. The number of rotatable bonds is 3. The number of amides is 1. The highest BCUT2D eigenvalue weighted by atomic mass is 16.4. The molecule has 2 N–H and O–H groups in total. The van der Waals surface area contributed by atoms with Crippen LogP contribution in [0.3, 0.4) is 0 Å². The summed E-state index contributed by atoms with van der Waals surface area (Å²) in [5.74, 6) is -1.60. The van der Waals surface area contributed by atoms with E-state index < -0.39 is 24.0 Å². The van der Waals surface area contributed by atoms with Crippen LogP contribution in [-0.4, -0.2) is 45.7 Å². The van der Waals surface area contributed by atoms with Gasteiger partial charge in [0.2, 0.25) is 5.91 Å². The van der Waals surface area contributed by atoms with Crippen LogP contribution in [0.4, 0.5) is 0 Å². The third kappa shape index (κ3) is 3.46. The monoisotopic (exact) mass is 286 g/mol. The van der Waals surface area contributed by atoms with Gasteiger partial charge in [0.15, 0.2) is 0 Å². The van der Waals surface area contributed by atoms with E-state index in [1.807, 2.05) is 6.07 Å². The largest absolute Gasteiger partial charge is 0.480 e. The predicted molar refractivity (Wildman–Crippen MR) is 74.0 cm³/mol. The second kappa shape index (κ2) is 6.20. The first-order chi connectivity index (χ1) is 10.0. The first-order valence-electron chi connectivity index (χ1n) is 6.41. The molecule has 1 amide bonds. The molecule has 0 spiro atoms. The van der Waals surface area contributed by atoms with Crippen molar-refractivity contribution in [3.63, 3.8) is 0 Å². The van der Waals surface area contributed by atoms with Gasteiger partial charge in [0.25, 0.3) is 0 Å². The Balaban J connectivity index is 2.11. The molecule has 0 bridgehead atoms. The third-order valence-electron chi connectivity index (χ3n) is 3.28. The summed E-state index contributed by atoms with van der Waals surface area (Å²) in [4.78, 5) is 24.2. The maximum absolute atomic E-state index is 12.0. The van der Waals surface area contributed by atoms with Crippen LogP contribution in [-0.2, 0) is 9.59 Å². The fourth-order valence-corrected chi connectivity index (χ4v) is 2.27. The molecule has 0 aliphatic carbocycles. The van der Waals surface area contributed by atoms with Crippen molar-refractivity contribution in [3.05, 3.63) is 41.5 Å². The number of benzene rings is 1. The normalized spacial score (nSPS) is 21.4. The Labute approximate surface area is 121 Å². The van der Waals surface area contributed by atoms with Crippen LogP contribution in [0.5, 0.6) is 0 Å². The van der Waals surface area contributed by atoms with E-state index in [-0.39, 0.29) is 13.0 Å². The second-order valence-corrected chi connectivity index (χ2v) is 4.80. The summed E-state index contributed by atoms with van der Waals surface area (Å²) in [5, 5.41) is 27.3. The van der Waals surface area contributed by atoms with Crippen molar-refractivity contribution < 1.29 is 19.8 Å². The van der Waals surface area contributed by atoms with Crippen LogP contribution >= 0.6 is 0 Å². The third-order valence-corrected chi connectivity index (χ3v) is 3.28. The zero-order valence-corrected chi connectivity index (χ0v) is 11.1. The smallest absolute Gasteiger partial charge is 0.326 e. The van der Waals surface area contributed by atoms with E-state index in [2.05, 4.69) is 0 Å². The van der Waals surface area contributed by atoms with E-state index in [1.165, 1.54) is 12.2 Å². The van der Waals surface area contributed by atoms with Gasteiger partial charge in [-0.15, -0.1) is 0 Å². The number of likely N-dealkylation sites (tertiary alicyclic amines) is 1. The molecule has 108 valence electrons. The Morgan fingerprint density at radius 2 is 2.19 bits per heavy atom. The molecule has 1 unspecified atom stereocenters. The van der Waals surface area contributed by atoms with Crippen LogP contribution in [0.25, 0.3) is 6.08 Å². The van der Waals surface area contributed by atoms with Crippen LogP contribution < -0.4 is 0 Å². The number of aliphatic carboxylic acids is 1. The standard InChI is InChI=1S/C15H14N2O4/c16-8-11-3-1-2-10(6-11)4-5-14(19)17-9-12(18)7-13(17)15(20)21/h1-6,12-13,18H,7,9H2,(H,20,21)/b5-4+/t12?,13-/m0/s1. The van der Waals surface area contributed by atoms with Crippen molar-refractivity contribution in [1.29, 1.82) is 5.26 Å². The molecule has 21 heavy (non-hydrogen) atoms. The van der Waals surface area contributed by atoms with Gasteiger partial charge in [-0.25, -0.2) is 4.79 Å². The second-order valence-electron chi connectivity index (χ2n) is 4.80. The Morgan fingerprint density at radius 3 is 2.86 bits per heavy atom. The zero-order valence-electron chi connectivity index (χ0n) is 11.1. The van der Waals surface area contributed by atoms with Crippen LogP contribution in [0.2, 0.25) is 0 Å². The maximum Gasteiger partial charge on any atom is 0.326 e. The summed E-state index contributed by atoms with van der Waals surface area (Å²) in [6.07, 6.45) is 2.00. The molecular formula is C15H14N2O4. The van der Waals surface area contributed by atoms with Gasteiger partial charge in [0.1, 0.15) is 6.04 Å². The van der Waals surface area contributed by atoms with Gasteiger partial charge in [-0.2, -0.15) is 5.26 Å². The van der Waals surface area contributed by atoms with E-state index >= 15 is 0 Å².